The molecule has 2 aromatic carbocycles. The molecule has 1 saturated carbocycles. The van der Waals surface area contributed by atoms with Crippen LogP contribution in [0.2, 0.25) is 5.02 Å². The summed E-state index contributed by atoms with van der Waals surface area (Å²) in [5.74, 6) is 0.729. The molecule has 1 heterocycles. The molecule has 5 nitrogen and oxygen atoms in total. The first-order chi connectivity index (χ1) is 17.4. The zero-order chi connectivity index (χ0) is 25.5. The van der Waals surface area contributed by atoms with Gasteiger partial charge >= 0.3 is 0 Å². The molecule has 0 unspecified atom stereocenters. The maximum Gasteiger partial charge on any atom is 0.230 e. The van der Waals surface area contributed by atoms with Crippen molar-refractivity contribution in [3.63, 3.8) is 0 Å². The SMILES string of the molecule is CC(C)C(=O)Nc1cccc(C2CCN(CCCNC(=O)C3(c4ccc(Cl)cc4)CCCC3)CC2)c1. The molecule has 0 atom stereocenters. The third-order valence-corrected chi connectivity index (χ3v) is 8.21. The van der Waals surface area contributed by atoms with E-state index in [1.807, 2.05) is 50.2 Å². The highest BCUT2D eigenvalue weighted by Crippen LogP contribution is 2.41. The van der Waals surface area contributed by atoms with Gasteiger partial charge in [-0.3, -0.25) is 9.59 Å². The summed E-state index contributed by atoms with van der Waals surface area (Å²) < 4.78 is 0. The summed E-state index contributed by atoms with van der Waals surface area (Å²) in [5, 5.41) is 6.98. The van der Waals surface area contributed by atoms with E-state index in [1.54, 1.807) is 0 Å². The average molecular weight is 510 g/mol. The summed E-state index contributed by atoms with van der Waals surface area (Å²) in [6, 6.07) is 16.2. The Morgan fingerprint density at radius 3 is 2.42 bits per heavy atom. The second-order valence-corrected chi connectivity index (χ2v) is 11.2. The van der Waals surface area contributed by atoms with Gasteiger partial charge in [0.15, 0.2) is 0 Å². The molecule has 194 valence electrons. The fraction of sp³-hybridized carbons (Fsp3) is 0.533. The van der Waals surface area contributed by atoms with Gasteiger partial charge in [-0.2, -0.15) is 0 Å². The zero-order valence-electron chi connectivity index (χ0n) is 21.7. The highest BCUT2D eigenvalue weighted by atomic mass is 35.5. The van der Waals surface area contributed by atoms with Crippen molar-refractivity contribution in [1.82, 2.24) is 10.2 Å². The number of likely N-dealkylation sites (tertiary alicyclic amines) is 1. The second kappa shape index (κ2) is 12.2. The topological polar surface area (TPSA) is 61.4 Å². The number of nitrogens with one attached hydrogen (secondary N) is 2. The minimum Gasteiger partial charge on any atom is -0.355 e. The van der Waals surface area contributed by atoms with Crippen LogP contribution in [0.25, 0.3) is 0 Å². The van der Waals surface area contributed by atoms with Crippen LogP contribution in [0.4, 0.5) is 5.69 Å². The Morgan fingerprint density at radius 2 is 1.75 bits per heavy atom. The van der Waals surface area contributed by atoms with E-state index in [9.17, 15) is 9.59 Å². The molecule has 1 aliphatic heterocycles. The Kier molecular flexibility index (Phi) is 9.08. The van der Waals surface area contributed by atoms with E-state index in [-0.39, 0.29) is 17.7 Å². The molecule has 6 heteroatoms. The molecule has 2 aliphatic rings. The Balaban J connectivity index is 1.21. The zero-order valence-corrected chi connectivity index (χ0v) is 22.4. The molecule has 2 amide bonds. The lowest BCUT2D eigenvalue weighted by molar-refractivity contribution is -0.126. The minimum absolute atomic E-state index is 0.0252. The van der Waals surface area contributed by atoms with E-state index < -0.39 is 5.41 Å². The predicted molar refractivity (Wildman–Crippen MR) is 148 cm³/mol. The van der Waals surface area contributed by atoms with Crippen LogP contribution in [0.1, 0.15) is 75.8 Å². The Bertz CT molecular complexity index is 1020. The Hall–Kier alpha value is -2.37. The highest BCUT2D eigenvalue weighted by Gasteiger charge is 2.42. The smallest absolute Gasteiger partial charge is 0.230 e. The number of hydrogen-bond acceptors (Lipinski definition) is 3. The van der Waals surface area contributed by atoms with Crippen molar-refractivity contribution in [3.8, 4) is 0 Å². The standard InChI is InChI=1S/C30H40ClN3O2/c1-22(2)28(35)33-27-8-5-7-24(21-27)23-13-19-34(20-14-23)18-6-17-32-29(36)30(15-3-4-16-30)25-9-11-26(31)12-10-25/h5,7-12,21-23H,3-4,6,13-20H2,1-2H3,(H,32,36)(H,33,35). The van der Waals surface area contributed by atoms with Gasteiger partial charge in [-0.15, -0.1) is 0 Å². The van der Waals surface area contributed by atoms with E-state index in [1.165, 1.54) is 5.56 Å². The molecule has 4 rings (SSSR count). The lowest BCUT2D eigenvalue weighted by Gasteiger charge is -2.32. The second-order valence-electron chi connectivity index (χ2n) is 10.8. The normalized spacial score (nSPS) is 18.3. The number of piperidine rings is 1. The summed E-state index contributed by atoms with van der Waals surface area (Å²) >= 11 is 6.08. The van der Waals surface area contributed by atoms with Crippen molar-refractivity contribution in [2.45, 2.75) is 70.1 Å². The molecule has 1 saturated heterocycles. The fourth-order valence-corrected chi connectivity index (χ4v) is 5.84. The van der Waals surface area contributed by atoms with Gasteiger partial charge in [-0.05, 0) is 93.0 Å². The van der Waals surface area contributed by atoms with Crippen molar-refractivity contribution >= 4 is 29.1 Å². The van der Waals surface area contributed by atoms with Crippen LogP contribution in [0, 0.1) is 5.92 Å². The van der Waals surface area contributed by atoms with Crippen molar-refractivity contribution in [2.24, 2.45) is 5.92 Å². The van der Waals surface area contributed by atoms with Crippen LogP contribution < -0.4 is 10.6 Å². The number of anilines is 1. The van der Waals surface area contributed by atoms with Crippen molar-refractivity contribution < 1.29 is 9.59 Å². The Morgan fingerprint density at radius 1 is 1.06 bits per heavy atom. The van der Waals surface area contributed by atoms with E-state index in [0.29, 0.717) is 17.5 Å². The number of carbonyl (C=O) groups is 2. The third kappa shape index (κ3) is 6.49. The summed E-state index contributed by atoms with van der Waals surface area (Å²) in [6.07, 6.45) is 7.22. The lowest BCUT2D eigenvalue weighted by Crippen LogP contribution is -2.43. The number of benzene rings is 2. The molecular formula is C30H40ClN3O2. The van der Waals surface area contributed by atoms with Crippen molar-refractivity contribution in [3.05, 3.63) is 64.7 Å². The van der Waals surface area contributed by atoms with Gasteiger partial charge in [0, 0.05) is 23.2 Å². The first kappa shape index (κ1) is 26.7. The molecule has 0 aromatic heterocycles. The average Bonchev–Trinajstić information content (AvgIpc) is 3.39. The highest BCUT2D eigenvalue weighted by molar-refractivity contribution is 6.30. The number of nitrogens with zero attached hydrogens (tertiary/aromatic N) is 1. The van der Waals surface area contributed by atoms with Gasteiger partial charge in [0.2, 0.25) is 11.8 Å². The molecule has 2 aromatic rings. The molecule has 0 spiro atoms. The molecule has 2 fully saturated rings. The fourth-order valence-electron chi connectivity index (χ4n) is 5.71. The van der Waals surface area contributed by atoms with Gasteiger partial charge in [0.1, 0.15) is 0 Å². The van der Waals surface area contributed by atoms with Gasteiger partial charge in [0.25, 0.3) is 0 Å². The monoisotopic (exact) mass is 509 g/mol. The molecule has 1 aliphatic carbocycles. The van der Waals surface area contributed by atoms with Gasteiger partial charge in [-0.25, -0.2) is 0 Å². The van der Waals surface area contributed by atoms with Gasteiger partial charge in [-0.1, -0.05) is 62.6 Å². The van der Waals surface area contributed by atoms with Crippen LogP contribution in [0.15, 0.2) is 48.5 Å². The maximum absolute atomic E-state index is 13.3. The molecular weight excluding hydrogens is 470 g/mol. The van der Waals surface area contributed by atoms with Crippen LogP contribution in [-0.4, -0.2) is 42.9 Å². The van der Waals surface area contributed by atoms with E-state index in [4.69, 9.17) is 11.6 Å². The third-order valence-electron chi connectivity index (χ3n) is 7.96. The summed E-state index contributed by atoms with van der Waals surface area (Å²) in [5.41, 5.74) is 2.90. The lowest BCUT2D eigenvalue weighted by atomic mass is 9.78. The minimum atomic E-state index is -0.397. The van der Waals surface area contributed by atoms with Crippen LogP contribution in [0.3, 0.4) is 0 Å². The number of halogens is 1. The van der Waals surface area contributed by atoms with Crippen LogP contribution in [0.5, 0.6) is 0 Å². The number of rotatable bonds is 9. The van der Waals surface area contributed by atoms with Gasteiger partial charge < -0.3 is 15.5 Å². The van der Waals surface area contributed by atoms with Crippen molar-refractivity contribution in [2.75, 3.05) is 31.5 Å². The predicted octanol–water partition coefficient (Wildman–Crippen LogP) is 6.13. The molecule has 0 radical (unpaired) electrons. The largest absolute Gasteiger partial charge is 0.355 e. The van der Waals surface area contributed by atoms with Crippen molar-refractivity contribution in [1.29, 1.82) is 0 Å². The molecule has 36 heavy (non-hydrogen) atoms. The number of amides is 2. The number of carbonyl (C=O) groups excluding carboxylic acids is 2. The molecule has 0 bridgehead atoms. The number of hydrogen-bond donors (Lipinski definition) is 2. The van der Waals surface area contributed by atoms with Crippen LogP contribution >= 0.6 is 11.6 Å². The van der Waals surface area contributed by atoms with E-state index in [2.05, 4.69) is 27.7 Å². The summed E-state index contributed by atoms with van der Waals surface area (Å²) in [6.45, 7) is 7.67. The quantitative estimate of drug-likeness (QED) is 0.399. The molecule has 2 N–H and O–H groups in total. The summed E-state index contributed by atoms with van der Waals surface area (Å²) in [4.78, 5) is 27.8. The van der Waals surface area contributed by atoms with E-state index in [0.717, 1.165) is 75.8 Å². The van der Waals surface area contributed by atoms with Gasteiger partial charge in [0.05, 0.1) is 5.41 Å². The summed E-state index contributed by atoms with van der Waals surface area (Å²) in [7, 11) is 0. The van der Waals surface area contributed by atoms with Crippen LogP contribution in [-0.2, 0) is 15.0 Å². The van der Waals surface area contributed by atoms with E-state index >= 15 is 0 Å². The maximum atomic E-state index is 13.3. The Labute approximate surface area is 221 Å². The first-order valence-electron chi connectivity index (χ1n) is 13.5. The first-order valence-corrected chi connectivity index (χ1v) is 13.9.